The Labute approximate surface area is 111 Å². The maximum Gasteiger partial charge on any atom is 0.0809 e. The molecule has 0 bridgehead atoms. The first-order valence-corrected chi connectivity index (χ1v) is 7.75. The quantitative estimate of drug-likeness (QED) is 0.835. The molecule has 3 nitrogen and oxygen atoms in total. The van der Waals surface area contributed by atoms with Gasteiger partial charge in [-0.25, -0.2) is 0 Å². The van der Waals surface area contributed by atoms with Crippen LogP contribution in [0.25, 0.3) is 0 Å². The van der Waals surface area contributed by atoms with E-state index in [4.69, 9.17) is 9.47 Å². The van der Waals surface area contributed by atoms with E-state index in [9.17, 15) is 0 Å². The van der Waals surface area contributed by atoms with Crippen LogP contribution in [-0.4, -0.2) is 38.5 Å². The summed E-state index contributed by atoms with van der Waals surface area (Å²) in [4.78, 5) is 0. The molecule has 0 aromatic carbocycles. The molecular formula is C15H27NO2. The normalized spacial score (nSPS) is 38.8. The molecule has 3 aliphatic rings. The van der Waals surface area contributed by atoms with Gasteiger partial charge in [0, 0.05) is 18.1 Å². The van der Waals surface area contributed by atoms with Crippen molar-refractivity contribution >= 4 is 0 Å². The van der Waals surface area contributed by atoms with Crippen molar-refractivity contribution in [1.29, 1.82) is 0 Å². The lowest BCUT2D eigenvalue weighted by Gasteiger charge is -2.57. The van der Waals surface area contributed by atoms with Crippen LogP contribution in [0.4, 0.5) is 0 Å². The van der Waals surface area contributed by atoms with E-state index in [1.165, 1.54) is 51.4 Å². The predicted octanol–water partition coefficient (Wildman–Crippen LogP) is 2.49. The van der Waals surface area contributed by atoms with Gasteiger partial charge in [0.1, 0.15) is 0 Å². The number of nitrogens with one attached hydrogen (secondary N) is 1. The van der Waals surface area contributed by atoms with E-state index in [1.54, 1.807) is 0 Å². The summed E-state index contributed by atoms with van der Waals surface area (Å²) in [6.45, 7) is 1.76. The molecule has 1 heterocycles. The summed E-state index contributed by atoms with van der Waals surface area (Å²) in [6.07, 6.45) is 11.4. The van der Waals surface area contributed by atoms with Gasteiger partial charge in [-0.15, -0.1) is 0 Å². The molecule has 3 heteroatoms. The van der Waals surface area contributed by atoms with E-state index in [1.807, 2.05) is 0 Å². The lowest BCUT2D eigenvalue weighted by atomic mass is 9.55. The molecule has 0 amide bonds. The molecule has 0 aromatic rings. The van der Waals surface area contributed by atoms with Gasteiger partial charge in [-0.3, -0.25) is 0 Å². The Morgan fingerprint density at radius 2 is 2.06 bits per heavy atom. The van der Waals surface area contributed by atoms with Crippen LogP contribution < -0.4 is 5.32 Å². The number of ether oxygens (including phenoxy) is 2. The fourth-order valence-corrected chi connectivity index (χ4v) is 4.27. The van der Waals surface area contributed by atoms with E-state index >= 15 is 0 Å². The third kappa shape index (κ3) is 2.21. The van der Waals surface area contributed by atoms with E-state index in [0.29, 0.717) is 23.7 Å². The number of hydrogen-bond donors (Lipinski definition) is 1. The second kappa shape index (κ2) is 5.48. The molecule has 1 spiro atoms. The minimum absolute atomic E-state index is 0.374. The second-order valence-electron chi connectivity index (χ2n) is 6.33. The van der Waals surface area contributed by atoms with E-state index in [0.717, 1.165) is 13.2 Å². The summed E-state index contributed by atoms with van der Waals surface area (Å²) in [5, 5.41) is 3.51. The molecule has 2 saturated carbocycles. The highest BCUT2D eigenvalue weighted by atomic mass is 16.5. The Bertz CT molecular complexity index is 270. The molecule has 104 valence electrons. The smallest absolute Gasteiger partial charge is 0.0809 e. The van der Waals surface area contributed by atoms with Crippen LogP contribution in [0.2, 0.25) is 0 Å². The van der Waals surface area contributed by atoms with Crippen LogP contribution in [0.5, 0.6) is 0 Å². The zero-order valence-corrected chi connectivity index (χ0v) is 11.6. The maximum absolute atomic E-state index is 6.22. The number of hydrogen-bond acceptors (Lipinski definition) is 3. The molecule has 3 rings (SSSR count). The van der Waals surface area contributed by atoms with Crippen molar-refractivity contribution in [2.45, 2.75) is 69.6 Å². The van der Waals surface area contributed by atoms with Crippen molar-refractivity contribution in [2.24, 2.45) is 5.41 Å². The third-order valence-electron chi connectivity index (χ3n) is 5.43. The summed E-state index contributed by atoms with van der Waals surface area (Å²) in [5.74, 6) is 0. The molecule has 2 aliphatic carbocycles. The standard InChI is InChI=1S/C15H27NO2/c1-16-13-10-14(15(13)7-3-2-4-8-15)18-11-12-6-5-9-17-12/h12-14,16H,2-11H2,1H3. The van der Waals surface area contributed by atoms with Crippen molar-refractivity contribution in [2.75, 3.05) is 20.3 Å². The van der Waals surface area contributed by atoms with Crippen LogP contribution in [0.1, 0.15) is 51.4 Å². The monoisotopic (exact) mass is 253 g/mol. The summed E-state index contributed by atoms with van der Waals surface area (Å²) in [6, 6.07) is 0.687. The highest BCUT2D eigenvalue weighted by molar-refractivity contribution is 5.08. The highest BCUT2D eigenvalue weighted by Gasteiger charge is 2.55. The SMILES string of the molecule is CNC1CC(OCC2CCCO2)C12CCCCC2. The molecule has 1 saturated heterocycles. The fraction of sp³-hybridized carbons (Fsp3) is 1.00. The fourth-order valence-electron chi connectivity index (χ4n) is 4.27. The van der Waals surface area contributed by atoms with E-state index in [2.05, 4.69) is 12.4 Å². The van der Waals surface area contributed by atoms with Crippen molar-refractivity contribution in [3.8, 4) is 0 Å². The second-order valence-corrected chi connectivity index (χ2v) is 6.33. The zero-order valence-electron chi connectivity index (χ0n) is 11.6. The van der Waals surface area contributed by atoms with Gasteiger partial charge in [-0.05, 0) is 39.2 Å². The molecule has 0 radical (unpaired) electrons. The first-order chi connectivity index (χ1) is 8.85. The summed E-state index contributed by atoms with van der Waals surface area (Å²) < 4.78 is 11.9. The Balaban J connectivity index is 1.54. The summed E-state index contributed by atoms with van der Waals surface area (Å²) in [5.41, 5.74) is 0.450. The zero-order chi connectivity index (χ0) is 12.4. The minimum Gasteiger partial charge on any atom is -0.376 e. The first-order valence-electron chi connectivity index (χ1n) is 7.75. The van der Waals surface area contributed by atoms with Gasteiger partial charge in [0.25, 0.3) is 0 Å². The van der Waals surface area contributed by atoms with Gasteiger partial charge in [0.05, 0.1) is 18.8 Å². The number of rotatable bonds is 4. The van der Waals surface area contributed by atoms with Crippen LogP contribution in [0, 0.1) is 5.41 Å². The van der Waals surface area contributed by atoms with E-state index in [-0.39, 0.29) is 0 Å². The van der Waals surface area contributed by atoms with Gasteiger partial charge >= 0.3 is 0 Å². The van der Waals surface area contributed by atoms with Gasteiger partial charge in [0.2, 0.25) is 0 Å². The molecule has 0 aromatic heterocycles. The average molecular weight is 253 g/mol. The Morgan fingerprint density at radius 3 is 2.72 bits per heavy atom. The predicted molar refractivity (Wildman–Crippen MR) is 71.7 cm³/mol. The Kier molecular flexibility index (Phi) is 3.92. The summed E-state index contributed by atoms with van der Waals surface area (Å²) in [7, 11) is 2.11. The average Bonchev–Trinajstić information content (AvgIpc) is 2.92. The van der Waals surface area contributed by atoms with Crippen LogP contribution in [-0.2, 0) is 9.47 Å². The van der Waals surface area contributed by atoms with Crippen molar-refractivity contribution in [3.63, 3.8) is 0 Å². The largest absolute Gasteiger partial charge is 0.376 e. The first kappa shape index (κ1) is 12.9. The molecule has 18 heavy (non-hydrogen) atoms. The van der Waals surface area contributed by atoms with E-state index < -0.39 is 0 Å². The van der Waals surface area contributed by atoms with Crippen molar-refractivity contribution in [3.05, 3.63) is 0 Å². The van der Waals surface area contributed by atoms with Crippen molar-refractivity contribution < 1.29 is 9.47 Å². The lowest BCUT2D eigenvalue weighted by Crippen LogP contribution is -2.64. The van der Waals surface area contributed by atoms with Gasteiger partial charge in [0.15, 0.2) is 0 Å². The van der Waals surface area contributed by atoms with Crippen molar-refractivity contribution in [1.82, 2.24) is 5.32 Å². The molecule has 1 aliphatic heterocycles. The topological polar surface area (TPSA) is 30.5 Å². The molecule has 3 atom stereocenters. The Hall–Kier alpha value is -0.120. The lowest BCUT2D eigenvalue weighted by molar-refractivity contribution is -0.164. The van der Waals surface area contributed by atoms with Crippen LogP contribution >= 0.6 is 0 Å². The molecule has 3 fully saturated rings. The Morgan fingerprint density at radius 1 is 1.22 bits per heavy atom. The molecule has 1 N–H and O–H groups in total. The summed E-state index contributed by atoms with van der Waals surface area (Å²) >= 11 is 0. The van der Waals surface area contributed by atoms with Crippen LogP contribution in [0.15, 0.2) is 0 Å². The van der Waals surface area contributed by atoms with Gasteiger partial charge < -0.3 is 14.8 Å². The highest BCUT2D eigenvalue weighted by Crippen LogP contribution is 2.53. The van der Waals surface area contributed by atoms with Gasteiger partial charge in [-0.2, -0.15) is 0 Å². The third-order valence-corrected chi connectivity index (χ3v) is 5.43. The van der Waals surface area contributed by atoms with Crippen LogP contribution in [0.3, 0.4) is 0 Å². The minimum atomic E-state index is 0.374. The molecular weight excluding hydrogens is 226 g/mol. The maximum atomic E-state index is 6.22. The molecule has 3 unspecified atom stereocenters. The van der Waals surface area contributed by atoms with Gasteiger partial charge in [-0.1, -0.05) is 19.3 Å².